The molecular weight excluding hydrogens is 769 g/mol. The van der Waals surface area contributed by atoms with Crippen LogP contribution in [0.5, 0.6) is 0 Å². The van der Waals surface area contributed by atoms with E-state index in [9.17, 15) is 0 Å². The van der Waals surface area contributed by atoms with Gasteiger partial charge in [-0.05, 0) is 146 Å². The summed E-state index contributed by atoms with van der Waals surface area (Å²) in [7, 11) is 0. The van der Waals surface area contributed by atoms with Crippen molar-refractivity contribution in [1.29, 1.82) is 0 Å². The normalized spacial score (nSPS) is 10.5. The van der Waals surface area contributed by atoms with E-state index < -0.39 is 0 Å². The molecule has 0 radical (unpaired) electrons. The van der Waals surface area contributed by atoms with E-state index in [-0.39, 0.29) is 0 Å². The number of fused-ring (bicyclic) bond motifs is 16. The lowest BCUT2D eigenvalue weighted by atomic mass is 10.1. The molecule has 0 heterocycles. The van der Waals surface area contributed by atoms with Crippen molar-refractivity contribution in [1.82, 2.24) is 0 Å². The highest BCUT2D eigenvalue weighted by molar-refractivity contribution is 5.57. The lowest BCUT2D eigenvalue weighted by molar-refractivity contribution is 1.56. The first kappa shape index (κ1) is 39.7. The molecule has 16 bridgehead atoms. The fraction of sp³-hybridized carbons (Fsp3) is 0. The Labute approximate surface area is 376 Å². The summed E-state index contributed by atoms with van der Waals surface area (Å²) in [4.78, 5) is 0. The highest BCUT2D eigenvalue weighted by Gasteiger charge is 1.99. The van der Waals surface area contributed by atoms with Crippen molar-refractivity contribution in [2.45, 2.75) is 0 Å². The molecule has 0 saturated heterocycles. The molecule has 0 spiro atoms. The fourth-order valence-corrected chi connectivity index (χ4v) is 6.55. The largest absolute Gasteiger partial charge is 0.0616 e. The summed E-state index contributed by atoms with van der Waals surface area (Å²) in [5.74, 6) is 52.8. The molecule has 0 amide bonds. The molecule has 0 unspecified atom stereocenters. The van der Waals surface area contributed by atoms with Gasteiger partial charge < -0.3 is 0 Å². The maximum absolute atomic E-state index is 3.30. The van der Waals surface area contributed by atoms with Crippen LogP contribution < -0.4 is 0 Å². The van der Waals surface area contributed by atoms with Crippen molar-refractivity contribution in [3.63, 3.8) is 0 Å². The monoisotopic (exact) mass is 800 g/mol. The number of hydrogen-bond acceptors (Lipinski definition) is 0. The van der Waals surface area contributed by atoms with Crippen molar-refractivity contribution in [3.05, 3.63) is 283 Å². The first-order chi connectivity index (χ1) is 31.6. The summed E-state index contributed by atoms with van der Waals surface area (Å²) in [5, 5.41) is 0. The Morgan fingerprint density at radius 3 is 0.281 bits per heavy atom. The van der Waals surface area contributed by atoms with Gasteiger partial charge in [-0.2, -0.15) is 0 Å². The van der Waals surface area contributed by atoms with Crippen LogP contribution in [0.1, 0.15) is 89.0 Å². The highest BCUT2D eigenvalue weighted by atomic mass is 14.0. The Bertz CT molecular complexity index is 2740. The first-order valence-corrected chi connectivity index (χ1v) is 20.6. The highest BCUT2D eigenvalue weighted by Crippen LogP contribution is 2.12. The molecular formula is C64H32. The summed E-state index contributed by atoms with van der Waals surface area (Å²) >= 11 is 0. The van der Waals surface area contributed by atoms with Crippen LogP contribution in [0.2, 0.25) is 0 Å². The summed E-state index contributed by atoms with van der Waals surface area (Å²) in [5.41, 5.74) is 14.1. The lowest BCUT2D eigenvalue weighted by Gasteiger charge is -1.96. The lowest BCUT2D eigenvalue weighted by Crippen LogP contribution is -1.83. The van der Waals surface area contributed by atoms with Crippen molar-refractivity contribution >= 4 is 0 Å². The van der Waals surface area contributed by atoms with Crippen LogP contribution in [0.15, 0.2) is 194 Å². The van der Waals surface area contributed by atoms with Crippen LogP contribution in [0.3, 0.4) is 0 Å². The van der Waals surface area contributed by atoms with E-state index in [4.69, 9.17) is 0 Å². The Kier molecular flexibility index (Phi) is 12.1. The van der Waals surface area contributed by atoms with Crippen molar-refractivity contribution in [3.8, 4) is 94.7 Å². The van der Waals surface area contributed by atoms with Gasteiger partial charge in [0.1, 0.15) is 0 Å². The van der Waals surface area contributed by atoms with Gasteiger partial charge in [0, 0.05) is 89.0 Å². The van der Waals surface area contributed by atoms with Gasteiger partial charge in [-0.3, -0.25) is 0 Å². The second-order valence-corrected chi connectivity index (χ2v) is 14.6. The maximum Gasteiger partial charge on any atom is 0.0261 e. The van der Waals surface area contributed by atoms with E-state index >= 15 is 0 Å². The van der Waals surface area contributed by atoms with Gasteiger partial charge in [-0.15, -0.1) is 0 Å². The van der Waals surface area contributed by atoms with E-state index in [1.807, 2.05) is 194 Å². The minimum absolute atomic E-state index is 0.880. The van der Waals surface area contributed by atoms with E-state index in [1.165, 1.54) is 0 Å². The van der Waals surface area contributed by atoms with Gasteiger partial charge in [-0.1, -0.05) is 143 Å². The summed E-state index contributed by atoms with van der Waals surface area (Å²) in [6.45, 7) is 0. The molecule has 0 N–H and O–H groups in total. The third-order valence-corrected chi connectivity index (χ3v) is 9.71. The van der Waals surface area contributed by atoms with Crippen LogP contribution in [-0.2, 0) is 0 Å². The van der Waals surface area contributed by atoms with Crippen molar-refractivity contribution < 1.29 is 0 Å². The molecule has 0 saturated carbocycles. The molecule has 0 heteroatoms. The van der Waals surface area contributed by atoms with Gasteiger partial charge in [0.15, 0.2) is 0 Å². The molecule has 1 aliphatic rings. The Morgan fingerprint density at radius 1 is 0.125 bits per heavy atom. The van der Waals surface area contributed by atoms with Crippen LogP contribution in [-0.4, -0.2) is 0 Å². The third kappa shape index (κ3) is 11.3. The molecule has 1 aliphatic carbocycles. The van der Waals surface area contributed by atoms with Crippen LogP contribution in [0.25, 0.3) is 0 Å². The van der Waals surface area contributed by atoms with Crippen LogP contribution in [0, 0.1) is 94.7 Å². The SMILES string of the molecule is C1#Cc2cccc(c2)C#Cc2cccc(c2)C#Cc2cccc(c2)C#Cc2cccc(c2)C#Cc2cccc(c2)C#Cc2cccc(c2)C#Cc2cccc(c2)C#Cc2cccc1c2. The average Bonchev–Trinajstić information content (AvgIpc) is 3.34. The Balaban J connectivity index is 1.04. The van der Waals surface area contributed by atoms with Crippen molar-refractivity contribution in [2.75, 3.05) is 0 Å². The van der Waals surface area contributed by atoms with E-state index in [2.05, 4.69) is 94.7 Å². The van der Waals surface area contributed by atoms with Gasteiger partial charge in [-0.25, -0.2) is 0 Å². The zero-order valence-electron chi connectivity index (χ0n) is 34.5. The van der Waals surface area contributed by atoms with Crippen LogP contribution in [0.4, 0.5) is 0 Å². The van der Waals surface area contributed by atoms with E-state index in [0.717, 1.165) is 89.0 Å². The topological polar surface area (TPSA) is 0 Å². The Hall–Kier alpha value is -9.76. The standard InChI is InChI=1S/C64H32/c1-9-49-25-27-51-11-2-13-53(42-51)29-31-55-15-4-17-57(44-55)33-35-59-19-6-21-61(46-59)37-39-63-23-8-24-64(48-63)40-38-62-22-7-20-60(47-62)36-34-58-18-5-16-56(45-58)32-30-54-14-3-12-52(43-54)28-26-50(10-1)41-49/h1-24,41-48H. The molecule has 8 aromatic rings. The number of rotatable bonds is 0. The van der Waals surface area contributed by atoms with Gasteiger partial charge in [0.25, 0.3) is 0 Å². The molecule has 8 aromatic carbocycles. The molecule has 0 aliphatic heterocycles. The molecule has 9 rings (SSSR count). The molecule has 0 fully saturated rings. The predicted molar refractivity (Wildman–Crippen MR) is 259 cm³/mol. The summed E-state index contributed by atoms with van der Waals surface area (Å²) in [6.07, 6.45) is 0. The minimum atomic E-state index is 0.880. The zero-order chi connectivity index (χ0) is 43.2. The van der Waals surface area contributed by atoms with E-state index in [0.29, 0.717) is 0 Å². The van der Waals surface area contributed by atoms with Crippen LogP contribution >= 0.6 is 0 Å². The fourth-order valence-electron chi connectivity index (χ4n) is 6.55. The average molecular weight is 801 g/mol. The predicted octanol–water partition coefficient (Wildman–Crippen LogP) is 11.2. The quantitative estimate of drug-likeness (QED) is 0.134. The zero-order valence-corrected chi connectivity index (χ0v) is 34.5. The van der Waals surface area contributed by atoms with Gasteiger partial charge >= 0.3 is 0 Å². The number of hydrogen-bond donors (Lipinski definition) is 0. The van der Waals surface area contributed by atoms with Crippen molar-refractivity contribution in [2.24, 2.45) is 0 Å². The summed E-state index contributed by atoms with van der Waals surface area (Å²) in [6, 6.07) is 63.8. The molecule has 64 heavy (non-hydrogen) atoms. The van der Waals surface area contributed by atoms with Gasteiger partial charge in [0.05, 0.1) is 0 Å². The Morgan fingerprint density at radius 2 is 0.203 bits per heavy atom. The molecule has 0 atom stereocenters. The molecule has 0 aromatic heterocycles. The second kappa shape index (κ2) is 19.5. The maximum atomic E-state index is 3.30. The second-order valence-electron chi connectivity index (χ2n) is 14.6. The number of benzene rings is 8. The smallest absolute Gasteiger partial charge is 0.0261 e. The molecule has 0 nitrogen and oxygen atoms in total. The van der Waals surface area contributed by atoms with Gasteiger partial charge in [0.2, 0.25) is 0 Å². The first-order valence-electron chi connectivity index (χ1n) is 20.6. The minimum Gasteiger partial charge on any atom is -0.0616 e. The van der Waals surface area contributed by atoms with E-state index in [1.54, 1.807) is 0 Å². The summed E-state index contributed by atoms with van der Waals surface area (Å²) < 4.78 is 0. The third-order valence-electron chi connectivity index (χ3n) is 9.71. The molecule has 288 valence electrons.